The first-order chi connectivity index (χ1) is 6.66. The summed E-state index contributed by atoms with van der Waals surface area (Å²) in [5.41, 5.74) is 1.04. The Morgan fingerprint density at radius 1 is 1.79 bits per heavy atom. The summed E-state index contributed by atoms with van der Waals surface area (Å²) in [4.78, 5) is 11.8. The molecule has 1 atom stereocenters. The van der Waals surface area contributed by atoms with Crippen molar-refractivity contribution in [3.63, 3.8) is 0 Å². The molecule has 76 valence electrons. The minimum Gasteiger partial charge on any atom is -0.481 e. The predicted octanol–water partition coefficient (Wildman–Crippen LogP) is 2.60. The third-order valence-corrected chi connectivity index (χ3v) is 3.88. The maximum atomic E-state index is 10.6. The second-order valence-corrected chi connectivity index (χ2v) is 5.65. The summed E-state index contributed by atoms with van der Waals surface area (Å²) in [6.45, 7) is 0.623. The summed E-state index contributed by atoms with van der Waals surface area (Å²) in [7, 11) is 0. The van der Waals surface area contributed by atoms with Crippen molar-refractivity contribution in [3.8, 4) is 0 Å². The third-order valence-electron chi connectivity index (χ3n) is 2.17. The molecule has 2 heterocycles. The molecule has 1 aromatic rings. The molecule has 0 spiro atoms. The van der Waals surface area contributed by atoms with E-state index in [9.17, 15) is 4.79 Å². The van der Waals surface area contributed by atoms with Gasteiger partial charge < -0.3 is 9.84 Å². The Hall–Kier alpha value is -0.390. The standard InChI is InChI=1S/C9H9BrO3S/c10-8-3-5-6(4-9(11)12)13-2-1-7(5)14-8/h3,6H,1-2,4H2,(H,11,12)/t6-/m0/s1. The number of ether oxygens (including phenoxy) is 1. The van der Waals surface area contributed by atoms with Gasteiger partial charge in [-0.05, 0) is 27.6 Å². The lowest BCUT2D eigenvalue weighted by Gasteiger charge is -2.21. The molecule has 5 heteroatoms. The molecule has 0 fully saturated rings. The fourth-order valence-corrected chi connectivity index (χ4v) is 3.34. The van der Waals surface area contributed by atoms with E-state index in [4.69, 9.17) is 9.84 Å². The van der Waals surface area contributed by atoms with E-state index in [2.05, 4.69) is 15.9 Å². The van der Waals surface area contributed by atoms with Crippen molar-refractivity contribution < 1.29 is 14.6 Å². The van der Waals surface area contributed by atoms with Gasteiger partial charge in [-0.3, -0.25) is 4.79 Å². The molecule has 0 aromatic carbocycles. The molecular weight excluding hydrogens is 268 g/mol. The van der Waals surface area contributed by atoms with Gasteiger partial charge in [-0.2, -0.15) is 0 Å². The highest BCUT2D eigenvalue weighted by atomic mass is 79.9. The smallest absolute Gasteiger partial charge is 0.306 e. The van der Waals surface area contributed by atoms with Gasteiger partial charge >= 0.3 is 5.97 Å². The van der Waals surface area contributed by atoms with Gasteiger partial charge in [-0.25, -0.2) is 0 Å². The van der Waals surface area contributed by atoms with Crippen molar-refractivity contribution in [3.05, 3.63) is 20.3 Å². The van der Waals surface area contributed by atoms with Gasteiger partial charge in [-0.1, -0.05) is 0 Å². The van der Waals surface area contributed by atoms with Crippen LogP contribution in [-0.4, -0.2) is 17.7 Å². The Morgan fingerprint density at radius 3 is 3.29 bits per heavy atom. The van der Waals surface area contributed by atoms with E-state index in [-0.39, 0.29) is 12.5 Å². The number of hydrogen-bond acceptors (Lipinski definition) is 3. The van der Waals surface area contributed by atoms with Crippen LogP contribution < -0.4 is 0 Å². The van der Waals surface area contributed by atoms with Crippen molar-refractivity contribution in [1.82, 2.24) is 0 Å². The van der Waals surface area contributed by atoms with Crippen LogP contribution in [0.1, 0.15) is 23.0 Å². The molecule has 2 rings (SSSR count). The summed E-state index contributed by atoms with van der Waals surface area (Å²) in [5.74, 6) is -0.815. The van der Waals surface area contributed by atoms with Crippen LogP contribution in [0.5, 0.6) is 0 Å². The number of thiophene rings is 1. The first-order valence-electron chi connectivity index (χ1n) is 4.28. The number of halogens is 1. The van der Waals surface area contributed by atoms with E-state index in [0.29, 0.717) is 6.61 Å². The van der Waals surface area contributed by atoms with Crippen LogP contribution in [0, 0.1) is 0 Å². The first-order valence-corrected chi connectivity index (χ1v) is 5.89. The molecule has 0 bridgehead atoms. The van der Waals surface area contributed by atoms with Crippen LogP contribution in [0.4, 0.5) is 0 Å². The first kappa shape index (κ1) is 10.1. The van der Waals surface area contributed by atoms with Crippen LogP contribution in [0.25, 0.3) is 0 Å². The maximum Gasteiger partial charge on any atom is 0.306 e. The molecule has 1 N–H and O–H groups in total. The van der Waals surface area contributed by atoms with Crippen molar-refractivity contribution in [2.24, 2.45) is 0 Å². The van der Waals surface area contributed by atoms with Gasteiger partial charge in [0.25, 0.3) is 0 Å². The number of carboxylic acid groups (broad SMARTS) is 1. The van der Waals surface area contributed by atoms with E-state index < -0.39 is 5.97 Å². The van der Waals surface area contributed by atoms with Crippen molar-refractivity contribution in [2.75, 3.05) is 6.61 Å². The Morgan fingerprint density at radius 2 is 2.57 bits per heavy atom. The summed E-state index contributed by atoms with van der Waals surface area (Å²) >= 11 is 5.07. The Labute approximate surface area is 93.8 Å². The van der Waals surface area contributed by atoms with E-state index in [1.54, 1.807) is 11.3 Å². The highest BCUT2D eigenvalue weighted by Crippen LogP contribution is 2.37. The quantitative estimate of drug-likeness (QED) is 0.903. The molecule has 0 saturated carbocycles. The summed E-state index contributed by atoms with van der Waals surface area (Å²) in [6, 6.07) is 1.97. The lowest BCUT2D eigenvalue weighted by Crippen LogP contribution is -2.17. The molecule has 1 aromatic heterocycles. The number of carboxylic acids is 1. The van der Waals surface area contributed by atoms with Crippen LogP contribution in [0.2, 0.25) is 0 Å². The molecule has 1 aliphatic rings. The number of aliphatic carboxylic acids is 1. The highest BCUT2D eigenvalue weighted by Gasteiger charge is 2.25. The van der Waals surface area contributed by atoms with E-state index >= 15 is 0 Å². The largest absolute Gasteiger partial charge is 0.481 e. The lowest BCUT2D eigenvalue weighted by molar-refractivity contribution is -0.140. The molecular formula is C9H9BrO3S. The summed E-state index contributed by atoms with van der Waals surface area (Å²) in [5, 5.41) is 8.71. The Kier molecular flexibility index (Phi) is 2.90. The topological polar surface area (TPSA) is 46.5 Å². The van der Waals surface area contributed by atoms with E-state index in [1.807, 2.05) is 6.07 Å². The third kappa shape index (κ3) is 1.99. The molecule has 14 heavy (non-hydrogen) atoms. The number of carbonyl (C=O) groups is 1. The monoisotopic (exact) mass is 276 g/mol. The minimum absolute atomic E-state index is 0.0518. The minimum atomic E-state index is -0.815. The number of fused-ring (bicyclic) bond motifs is 1. The molecule has 0 saturated heterocycles. The van der Waals surface area contributed by atoms with Crippen LogP contribution in [0.3, 0.4) is 0 Å². The van der Waals surface area contributed by atoms with Gasteiger partial charge in [0.05, 0.1) is 22.9 Å². The van der Waals surface area contributed by atoms with E-state index in [1.165, 1.54) is 4.88 Å². The van der Waals surface area contributed by atoms with Gasteiger partial charge in [0.1, 0.15) is 0 Å². The van der Waals surface area contributed by atoms with Crippen molar-refractivity contribution >= 4 is 33.2 Å². The zero-order valence-electron chi connectivity index (χ0n) is 7.33. The van der Waals surface area contributed by atoms with Crippen LogP contribution in [0.15, 0.2) is 9.85 Å². The Balaban J connectivity index is 2.25. The van der Waals surface area contributed by atoms with E-state index in [0.717, 1.165) is 15.8 Å². The average Bonchev–Trinajstić information content (AvgIpc) is 2.45. The SMILES string of the molecule is O=C(O)C[C@@H]1OCCc2sc(Br)cc21. The van der Waals surface area contributed by atoms with Gasteiger partial charge in [-0.15, -0.1) is 11.3 Å². The lowest BCUT2D eigenvalue weighted by atomic mass is 10.0. The fourth-order valence-electron chi connectivity index (χ4n) is 1.59. The Bertz CT molecular complexity index is 361. The number of hydrogen-bond donors (Lipinski definition) is 1. The predicted molar refractivity (Wildman–Crippen MR) is 56.7 cm³/mol. The zero-order valence-corrected chi connectivity index (χ0v) is 9.73. The summed E-state index contributed by atoms with van der Waals surface area (Å²) in [6.07, 6.45) is 0.677. The van der Waals surface area contributed by atoms with Crippen LogP contribution >= 0.6 is 27.3 Å². The molecule has 0 amide bonds. The van der Waals surface area contributed by atoms with Gasteiger partial charge in [0.2, 0.25) is 0 Å². The molecule has 3 nitrogen and oxygen atoms in total. The fraction of sp³-hybridized carbons (Fsp3) is 0.444. The van der Waals surface area contributed by atoms with Crippen LogP contribution in [-0.2, 0) is 16.0 Å². The second-order valence-electron chi connectivity index (χ2n) is 3.14. The summed E-state index contributed by atoms with van der Waals surface area (Å²) < 4.78 is 6.48. The number of rotatable bonds is 2. The maximum absolute atomic E-state index is 10.6. The zero-order chi connectivity index (χ0) is 10.1. The van der Waals surface area contributed by atoms with Crippen molar-refractivity contribution in [2.45, 2.75) is 18.9 Å². The normalized spacial score (nSPS) is 20.5. The second kappa shape index (κ2) is 4.00. The molecule has 0 unspecified atom stereocenters. The highest BCUT2D eigenvalue weighted by molar-refractivity contribution is 9.11. The molecule has 0 radical (unpaired) electrons. The molecule has 0 aliphatic carbocycles. The van der Waals surface area contributed by atoms with Crippen molar-refractivity contribution in [1.29, 1.82) is 0 Å². The molecule has 1 aliphatic heterocycles. The van der Waals surface area contributed by atoms with Gasteiger partial charge in [0, 0.05) is 11.3 Å². The van der Waals surface area contributed by atoms with Gasteiger partial charge in [0.15, 0.2) is 0 Å². The average molecular weight is 277 g/mol.